The van der Waals surface area contributed by atoms with E-state index in [0.717, 1.165) is 17.4 Å². The molecule has 0 aromatic rings. The molecule has 2 heteroatoms. The van der Waals surface area contributed by atoms with Crippen molar-refractivity contribution in [2.75, 3.05) is 13.6 Å². The first kappa shape index (κ1) is 15.9. The van der Waals surface area contributed by atoms with Crippen LogP contribution in [0.2, 0.25) is 0 Å². The van der Waals surface area contributed by atoms with E-state index in [1.165, 1.54) is 51.4 Å². The Morgan fingerprint density at radius 2 is 1.50 bits per heavy atom. The minimum Gasteiger partial charge on any atom is -0.785 e. The second-order valence-corrected chi connectivity index (χ2v) is 5.16. The van der Waals surface area contributed by atoms with Crippen LogP contribution >= 0.6 is 0 Å². The van der Waals surface area contributed by atoms with Gasteiger partial charge in [-0.05, 0) is 25.9 Å². The molecule has 0 heterocycles. The van der Waals surface area contributed by atoms with E-state index in [-0.39, 0.29) is 0 Å². The maximum absolute atomic E-state index is 10.7. The van der Waals surface area contributed by atoms with Crippen molar-refractivity contribution >= 4 is 0 Å². The predicted molar refractivity (Wildman–Crippen MR) is 72.4 cm³/mol. The molecule has 0 saturated heterocycles. The Balaban J connectivity index is 3.15. The Hall–Kier alpha value is -0.0800. The molecule has 0 aliphatic rings. The van der Waals surface area contributed by atoms with E-state index in [4.69, 9.17) is 0 Å². The van der Waals surface area contributed by atoms with Crippen LogP contribution in [0.4, 0.5) is 0 Å². The van der Waals surface area contributed by atoms with Gasteiger partial charge in [0.2, 0.25) is 0 Å². The topological polar surface area (TPSA) is 26.3 Å². The summed E-state index contributed by atoms with van der Waals surface area (Å²) in [4.78, 5) is 0. The second-order valence-electron chi connectivity index (χ2n) is 5.16. The first-order valence-electron chi connectivity index (χ1n) is 7.05. The van der Waals surface area contributed by atoms with Gasteiger partial charge >= 0.3 is 0 Å². The molecule has 98 valence electrons. The standard InChI is InChI=1S/C14H30NO/c1-4-5-6-7-8-11-14(2)12-9-10-13-15(3)16/h14H,4-13H2,1-3H3/q-1. The molecule has 0 spiro atoms. The molecule has 16 heavy (non-hydrogen) atoms. The zero-order chi connectivity index (χ0) is 12.2. The summed E-state index contributed by atoms with van der Waals surface area (Å²) in [5.41, 5.74) is 0. The minimum atomic E-state index is 0.698. The normalized spacial score (nSPS) is 13.3. The van der Waals surface area contributed by atoms with Crippen LogP contribution in [-0.4, -0.2) is 18.7 Å². The lowest BCUT2D eigenvalue weighted by Crippen LogP contribution is -2.10. The van der Waals surface area contributed by atoms with Gasteiger partial charge in [-0.2, -0.15) is 0 Å². The van der Waals surface area contributed by atoms with Gasteiger partial charge in [0.25, 0.3) is 0 Å². The molecule has 0 radical (unpaired) electrons. The van der Waals surface area contributed by atoms with Crippen molar-refractivity contribution in [1.82, 2.24) is 5.06 Å². The van der Waals surface area contributed by atoms with E-state index in [9.17, 15) is 5.21 Å². The van der Waals surface area contributed by atoms with Crippen LogP contribution in [-0.2, 0) is 0 Å². The highest BCUT2D eigenvalue weighted by molar-refractivity contribution is 4.57. The van der Waals surface area contributed by atoms with Gasteiger partial charge in [-0.25, -0.2) is 0 Å². The van der Waals surface area contributed by atoms with Crippen LogP contribution in [0.25, 0.3) is 0 Å². The zero-order valence-corrected chi connectivity index (χ0v) is 11.5. The number of hydrogen-bond acceptors (Lipinski definition) is 2. The second kappa shape index (κ2) is 11.4. The van der Waals surface area contributed by atoms with E-state index in [1.807, 2.05) is 0 Å². The molecular formula is C14H30NO-. The lowest BCUT2D eigenvalue weighted by Gasteiger charge is -2.21. The number of nitrogens with zero attached hydrogens (tertiary/aromatic N) is 1. The first-order chi connectivity index (χ1) is 7.66. The molecule has 0 saturated carbocycles. The molecule has 0 aliphatic carbocycles. The molecule has 0 rings (SSSR count). The third-order valence-corrected chi connectivity index (χ3v) is 3.22. The molecule has 0 aromatic heterocycles. The summed E-state index contributed by atoms with van der Waals surface area (Å²) in [6.07, 6.45) is 11.9. The zero-order valence-electron chi connectivity index (χ0n) is 11.5. The van der Waals surface area contributed by atoms with Gasteiger partial charge in [0, 0.05) is 0 Å². The van der Waals surface area contributed by atoms with Crippen LogP contribution in [0.3, 0.4) is 0 Å². The van der Waals surface area contributed by atoms with Gasteiger partial charge in [0.15, 0.2) is 0 Å². The minimum absolute atomic E-state index is 0.698. The molecular weight excluding hydrogens is 198 g/mol. The lowest BCUT2D eigenvalue weighted by molar-refractivity contribution is 0.398. The predicted octanol–water partition coefficient (Wildman–Crippen LogP) is 4.58. The number of hydrogen-bond donors (Lipinski definition) is 0. The maximum Gasteiger partial charge on any atom is -0.0147 e. The summed E-state index contributed by atoms with van der Waals surface area (Å²) < 4.78 is 0. The van der Waals surface area contributed by atoms with Crippen molar-refractivity contribution in [3.8, 4) is 0 Å². The summed E-state index contributed by atoms with van der Waals surface area (Å²) in [7, 11) is 1.61. The average molecular weight is 228 g/mol. The van der Waals surface area contributed by atoms with Crippen molar-refractivity contribution in [2.45, 2.75) is 71.6 Å². The number of unbranched alkanes of at least 4 members (excludes halogenated alkanes) is 5. The third-order valence-electron chi connectivity index (χ3n) is 3.22. The summed E-state index contributed by atoms with van der Waals surface area (Å²) in [6.45, 7) is 5.31. The molecule has 1 atom stereocenters. The lowest BCUT2D eigenvalue weighted by atomic mass is 9.97. The maximum atomic E-state index is 10.7. The van der Waals surface area contributed by atoms with Gasteiger partial charge in [-0.15, -0.1) is 0 Å². The fourth-order valence-electron chi connectivity index (χ4n) is 2.07. The molecule has 0 aliphatic heterocycles. The van der Waals surface area contributed by atoms with Crippen LogP contribution < -0.4 is 0 Å². The largest absolute Gasteiger partial charge is 0.785 e. The van der Waals surface area contributed by atoms with Crippen molar-refractivity contribution < 1.29 is 0 Å². The molecule has 0 amide bonds. The quantitative estimate of drug-likeness (QED) is 0.382. The molecule has 0 aromatic carbocycles. The van der Waals surface area contributed by atoms with Crippen LogP contribution in [0.5, 0.6) is 0 Å². The summed E-state index contributed by atoms with van der Waals surface area (Å²) in [5.74, 6) is 0.846. The molecule has 0 bridgehead atoms. The fourth-order valence-corrected chi connectivity index (χ4v) is 2.07. The molecule has 0 N–H and O–H groups in total. The third kappa shape index (κ3) is 12.0. The fraction of sp³-hybridized carbons (Fsp3) is 1.00. The average Bonchev–Trinajstić information content (AvgIpc) is 2.24. The highest BCUT2D eigenvalue weighted by atomic mass is 16.5. The molecule has 2 nitrogen and oxygen atoms in total. The van der Waals surface area contributed by atoms with Crippen molar-refractivity contribution in [1.29, 1.82) is 0 Å². The van der Waals surface area contributed by atoms with Crippen molar-refractivity contribution in [3.63, 3.8) is 0 Å². The van der Waals surface area contributed by atoms with Gasteiger partial charge < -0.3 is 10.3 Å². The van der Waals surface area contributed by atoms with Crippen molar-refractivity contribution in [3.05, 3.63) is 5.21 Å². The van der Waals surface area contributed by atoms with Crippen LogP contribution in [0, 0.1) is 11.1 Å². The molecule has 0 fully saturated rings. The smallest absolute Gasteiger partial charge is 0.0147 e. The Morgan fingerprint density at radius 3 is 2.06 bits per heavy atom. The number of rotatable bonds is 11. The van der Waals surface area contributed by atoms with Gasteiger partial charge in [0.1, 0.15) is 0 Å². The summed E-state index contributed by atoms with van der Waals surface area (Å²) >= 11 is 0. The highest BCUT2D eigenvalue weighted by Gasteiger charge is 2.01. The van der Waals surface area contributed by atoms with Gasteiger partial charge in [-0.1, -0.05) is 65.2 Å². The van der Waals surface area contributed by atoms with Crippen molar-refractivity contribution in [2.24, 2.45) is 5.92 Å². The molecule has 1 unspecified atom stereocenters. The van der Waals surface area contributed by atoms with Gasteiger partial charge in [-0.3, -0.25) is 0 Å². The van der Waals surface area contributed by atoms with Gasteiger partial charge in [0.05, 0.1) is 0 Å². The van der Waals surface area contributed by atoms with E-state index in [1.54, 1.807) is 7.05 Å². The summed E-state index contributed by atoms with van der Waals surface area (Å²) in [5, 5.41) is 11.7. The SMILES string of the molecule is CCCCCCCC(C)CCCCN(C)[O-]. The van der Waals surface area contributed by atoms with Crippen LogP contribution in [0.15, 0.2) is 0 Å². The summed E-state index contributed by atoms with van der Waals surface area (Å²) in [6, 6.07) is 0. The van der Waals surface area contributed by atoms with E-state index >= 15 is 0 Å². The van der Waals surface area contributed by atoms with E-state index < -0.39 is 0 Å². The van der Waals surface area contributed by atoms with Crippen LogP contribution in [0.1, 0.15) is 71.6 Å². The monoisotopic (exact) mass is 228 g/mol. The Kier molecular flexibility index (Phi) is 11.3. The van der Waals surface area contributed by atoms with E-state index in [2.05, 4.69) is 13.8 Å². The van der Waals surface area contributed by atoms with E-state index in [0.29, 0.717) is 6.54 Å². The Labute approximate surface area is 102 Å². The number of hydroxylamine groups is 2. The Morgan fingerprint density at radius 1 is 0.938 bits per heavy atom. The Bertz CT molecular complexity index is 137. The first-order valence-corrected chi connectivity index (χ1v) is 7.05. The highest BCUT2D eigenvalue weighted by Crippen LogP contribution is 2.16.